The van der Waals surface area contributed by atoms with Crippen LogP contribution in [-0.4, -0.2) is 15.0 Å². The average Bonchev–Trinajstić information content (AvgIpc) is 2.99. The van der Waals surface area contributed by atoms with Gasteiger partial charge in [0, 0.05) is 11.5 Å². The van der Waals surface area contributed by atoms with Crippen LogP contribution < -0.4 is 4.85 Å². The summed E-state index contributed by atoms with van der Waals surface area (Å²) in [5.74, 6) is 0.0579. The van der Waals surface area contributed by atoms with Crippen LogP contribution in [0.5, 0.6) is 5.75 Å². The Labute approximate surface area is 145 Å². The number of rotatable bonds is 3. The molecule has 1 atom stereocenters. The molecule has 1 N–H and O–H groups in total. The fraction of sp³-hybridized carbons (Fsp3) is 0.100. The molecule has 4 aromatic rings. The van der Waals surface area contributed by atoms with Gasteiger partial charge in [-0.25, -0.2) is 0 Å². The van der Waals surface area contributed by atoms with E-state index in [0.29, 0.717) is 21.6 Å². The third-order valence-corrected chi connectivity index (χ3v) is 4.49. The number of aromatic hydroxyl groups is 1. The standard InChI is InChI=1S/C20H17N3O2/c1-14(15-8-3-2-4-9-15)16-10-7-13-19(20(16)24)22-21-17-11-5-6-12-18(17)23(22)25/h2-14,24H,1H3. The average molecular weight is 331 g/mol. The Balaban J connectivity index is 1.85. The summed E-state index contributed by atoms with van der Waals surface area (Å²) in [7, 11) is 0. The van der Waals surface area contributed by atoms with E-state index in [-0.39, 0.29) is 11.7 Å². The van der Waals surface area contributed by atoms with E-state index in [1.165, 1.54) is 4.80 Å². The second-order valence-electron chi connectivity index (χ2n) is 6.00. The topological polar surface area (TPSA) is 65.0 Å². The minimum atomic E-state index is -0.00812. The van der Waals surface area contributed by atoms with Crippen molar-refractivity contribution in [3.63, 3.8) is 0 Å². The minimum Gasteiger partial charge on any atom is -0.692 e. The highest BCUT2D eigenvalue weighted by Crippen LogP contribution is 2.34. The number of para-hydroxylation sites is 2. The van der Waals surface area contributed by atoms with Gasteiger partial charge in [-0.15, -0.1) is 4.85 Å². The molecule has 0 spiro atoms. The van der Waals surface area contributed by atoms with Gasteiger partial charge < -0.3 is 10.3 Å². The molecular weight excluding hydrogens is 314 g/mol. The lowest BCUT2D eigenvalue weighted by molar-refractivity contribution is -0.664. The lowest BCUT2D eigenvalue weighted by atomic mass is 9.92. The first-order valence-corrected chi connectivity index (χ1v) is 8.11. The summed E-state index contributed by atoms with van der Waals surface area (Å²) < 4.78 is 0. The van der Waals surface area contributed by atoms with Crippen molar-refractivity contribution in [1.29, 1.82) is 0 Å². The zero-order valence-corrected chi connectivity index (χ0v) is 13.7. The largest absolute Gasteiger partial charge is 0.692 e. The van der Waals surface area contributed by atoms with Gasteiger partial charge in [0.1, 0.15) is 0 Å². The van der Waals surface area contributed by atoms with Gasteiger partial charge in [-0.2, -0.15) is 0 Å². The van der Waals surface area contributed by atoms with E-state index < -0.39 is 0 Å². The lowest BCUT2D eigenvalue weighted by Crippen LogP contribution is -2.37. The Morgan fingerprint density at radius 2 is 1.68 bits per heavy atom. The molecule has 124 valence electrons. The number of fused-ring (bicyclic) bond motifs is 1. The molecule has 25 heavy (non-hydrogen) atoms. The van der Waals surface area contributed by atoms with E-state index in [2.05, 4.69) is 5.10 Å². The zero-order chi connectivity index (χ0) is 17.4. The molecule has 1 unspecified atom stereocenters. The summed E-state index contributed by atoms with van der Waals surface area (Å²) in [6.45, 7) is 2.03. The maximum absolute atomic E-state index is 12.5. The molecule has 5 heteroatoms. The van der Waals surface area contributed by atoms with Crippen molar-refractivity contribution in [3.8, 4) is 11.4 Å². The predicted octanol–water partition coefficient (Wildman–Crippen LogP) is 3.52. The first kappa shape index (κ1) is 15.2. The Hall–Kier alpha value is -3.34. The number of hydrogen-bond donors (Lipinski definition) is 1. The van der Waals surface area contributed by atoms with Crippen molar-refractivity contribution in [2.24, 2.45) is 0 Å². The van der Waals surface area contributed by atoms with Crippen LogP contribution in [0.15, 0.2) is 72.8 Å². The Morgan fingerprint density at radius 3 is 2.44 bits per heavy atom. The first-order chi connectivity index (χ1) is 12.2. The van der Waals surface area contributed by atoms with Gasteiger partial charge in [-0.05, 0) is 28.6 Å². The molecule has 0 fully saturated rings. The van der Waals surface area contributed by atoms with Gasteiger partial charge in [-0.1, -0.05) is 61.5 Å². The molecule has 0 aliphatic carbocycles. The van der Waals surface area contributed by atoms with Crippen LogP contribution in [0.2, 0.25) is 0 Å². The molecule has 0 bridgehead atoms. The molecule has 0 aliphatic heterocycles. The lowest BCUT2D eigenvalue weighted by Gasteiger charge is -2.15. The minimum absolute atomic E-state index is 0.00812. The normalized spacial score (nSPS) is 12.4. The summed E-state index contributed by atoms with van der Waals surface area (Å²) >= 11 is 0. The molecule has 1 aromatic heterocycles. The second kappa shape index (κ2) is 5.94. The van der Waals surface area contributed by atoms with E-state index in [9.17, 15) is 10.3 Å². The number of phenols is 1. The van der Waals surface area contributed by atoms with Crippen molar-refractivity contribution in [2.45, 2.75) is 12.8 Å². The Morgan fingerprint density at radius 1 is 0.960 bits per heavy atom. The van der Waals surface area contributed by atoms with Crippen LogP contribution in [-0.2, 0) is 0 Å². The Kier molecular flexibility index (Phi) is 3.61. The van der Waals surface area contributed by atoms with Crippen LogP contribution in [0.25, 0.3) is 16.7 Å². The SMILES string of the molecule is CC(c1ccccc1)c1cccc(-n2nc3ccccc3[n+]2[O-])c1O. The van der Waals surface area contributed by atoms with Gasteiger partial charge in [0.25, 0.3) is 0 Å². The van der Waals surface area contributed by atoms with Crippen molar-refractivity contribution in [1.82, 2.24) is 9.90 Å². The fourth-order valence-electron chi connectivity index (χ4n) is 3.09. The maximum atomic E-state index is 12.5. The molecule has 0 saturated carbocycles. The summed E-state index contributed by atoms with van der Waals surface area (Å²) in [4.78, 5) is 1.89. The highest BCUT2D eigenvalue weighted by atomic mass is 16.5. The number of nitrogens with zero attached hydrogens (tertiary/aromatic N) is 3. The van der Waals surface area contributed by atoms with Gasteiger partial charge in [0.15, 0.2) is 11.4 Å². The van der Waals surface area contributed by atoms with Gasteiger partial charge in [0.05, 0.1) is 5.10 Å². The summed E-state index contributed by atoms with van der Waals surface area (Å²) in [5.41, 5.74) is 3.26. The maximum Gasteiger partial charge on any atom is 0.250 e. The van der Waals surface area contributed by atoms with Crippen LogP contribution in [0.4, 0.5) is 0 Å². The summed E-state index contributed by atoms with van der Waals surface area (Å²) in [5, 5.41) is 27.7. The predicted molar refractivity (Wildman–Crippen MR) is 95.7 cm³/mol. The second-order valence-corrected chi connectivity index (χ2v) is 6.00. The van der Waals surface area contributed by atoms with Gasteiger partial charge in [-0.3, -0.25) is 0 Å². The third kappa shape index (κ3) is 2.50. The summed E-state index contributed by atoms with van der Waals surface area (Å²) in [6, 6.07) is 22.4. The van der Waals surface area contributed by atoms with E-state index in [1.54, 1.807) is 24.3 Å². The molecule has 0 aliphatic rings. The Bertz CT molecular complexity index is 1040. The third-order valence-electron chi connectivity index (χ3n) is 4.49. The monoisotopic (exact) mass is 331 g/mol. The van der Waals surface area contributed by atoms with Crippen LogP contribution in [0, 0.1) is 5.21 Å². The van der Waals surface area contributed by atoms with E-state index in [4.69, 9.17) is 0 Å². The highest BCUT2D eigenvalue weighted by Gasteiger charge is 2.22. The fourth-order valence-corrected chi connectivity index (χ4v) is 3.09. The van der Waals surface area contributed by atoms with Crippen LogP contribution in [0.3, 0.4) is 0 Å². The van der Waals surface area contributed by atoms with E-state index in [0.717, 1.165) is 11.1 Å². The number of hydrogen-bond acceptors (Lipinski definition) is 3. The first-order valence-electron chi connectivity index (χ1n) is 8.11. The van der Waals surface area contributed by atoms with Crippen LogP contribution in [0.1, 0.15) is 24.0 Å². The van der Waals surface area contributed by atoms with Crippen LogP contribution >= 0.6 is 0 Å². The molecule has 1 heterocycles. The number of aromatic nitrogens is 3. The molecule has 4 rings (SSSR count). The molecule has 0 radical (unpaired) electrons. The summed E-state index contributed by atoms with van der Waals surface area (Å²) in [6.07, 6.45) is 0. The van der Waals surface area contributed by atoms with E-state index >= 15 is 0 Å². The van der Waals surface area contributed by atoms with Gasteiger partial charge in [0.2, 0.25) is 11.0 Å². The highest BCUT2D eigenvalue weighted by molar-refractivity contribution is 5.70. The molecule has 5 nitrogen and oxygen atoms in total. The molecule has 3 aromatic carbocycles. The molecule has 0 amide bonds. The van der Waals surface area contributed by atoms with Crippen molar-refractivity contribution < 1.29 is 9.95 Å². The molecule has 0 saturated heterocycles. The van der Waals surface area contributed by atoms with Crippen molar-refractivity contribution in [2.75, 3.05) is 0 Å². The molecular formula is C20H17N3O2. The number of benzene rings is 3. The zero-order valence-electron chi connectivity index (χ0n) is 13.7. The van der Waals surface area contributed by atoms with Gasteiger partial charge >= 0.3 is 0 Å². The smallest absolute Gasteiger partial charge is 0.250 e. The number of phenolic OH excluding ortho intramolecular Hbond substituents is 1. The van der Waals surface area contributed by atoms with Crippen molar-refractivity contribution >= 4 is 11.0 Å². The van der Waals surface area contributed by atoms with Crippen molar-refractivity contribution in [3.05, 3.63) is 89.1 Å². The van der Waals surface area contributed by atoms with E-state index in [1.807, 2.05) is 55.5 Å². The quantitative estimate of drug-likeness (QED) is 0.461.